The third-order valence-electron chi connectivity index (χ3n) is 3.27. The number of nitrogens with two attached hydrogens (primary N) is 1. The summed E-state index contributed by atoms with van der Waals surface area (Å²) in [5.41, 5.74) is 6.22. The standard InChI is InChI=1S/C12H17ClN2O3S/c1-8-10(13)5-9(6-11(8)14)19(16,17)15-12(2)3-4-18-7-12/h5-6,15H,3-4,7,14H2,1-2H3. The monoisotopic (exact) mass is 304 g/mol. The Morgan fingerprint density at radius 3 is 2.68 bits per heavy atom. The predicted molar refractivity (Wildman–Crippen MR) is 74.8 cm³/mol. The third-order valence-corrected chi connectivity index (χ3v) is 5.28. The summed E-state index contributed by atoms with van der Waals surface area (Å²) < 4.78 is 32.5. The third kappa shape index (κ3) is 3.02. The molecular weight excluding hydrogens is 288 g/mol. The van der Waals surface area contributed by atoms with Gasteiger partial charge in [0.15, 0.2) is 0 Å². The van der Waals surface area contributed by atoms with E-state index in [1.54, 1.807) is 6.92 Å². The number of sulfonamides is 1. The number of nitrogens with one attached hydrogen (secondary N) is 1. The highest BCUT2D eigenvalue weighted by molar-refractivity contribution is 7.89. The van der Waals surface area contributed by atoms with Crippen LogP contribution in [-0.4, -0.2) is 27.2 Å². The van der Waals surface area contributed by atoms with Gasteiger partial charge in [-0.05, 0) is 38.0 Å². The molecule has 0 aliphatic carbocycles. The molecule has 106 valence electrons. The Morgan fingerprint density at radius 2 is 2.16 bits per heavy atom. The second kappa shape index (κ2) is 4.94. The van der Waals surface area contributed by atoms with Gasteiger partial charge in [0.05, 0.1) is 17.0 Å². The van der Waals surface area contributed by atoms with Crippen molar-refractivity contribution in [2.45, 2.75) is 30.7 Å². The number of anilines is 1. The smallest absolute Gasteiger partial charge is 0.241 e. The Kier molecular flexibility index (Phi) is 3.79. The van der Waals surface area contributed by atoms with E-state index in [1.165, 1.54) is 12.1 Å². The van der Waals surface area contributed by atoms with E-state index in [0.717, 1.165) is 0 Å². The molecular formula is C12H17ClN2O3S. The molecule has 1 unspecified atom stereocenters. The molecule has 1 aromatic rings. The van der Waals surface area contributed by atoms with Crippen molar-refractivity contribution in [3.8, 4) is 0 Å². The van der Waals surface area contributed by atoms with Crippen LogP contribution in [0.15, 0.2) is 17.0 Å². The van der Waals surface area contributed by atoms with Gasteiger partial charge < -0.3 is 10.5 Å². The zero-order chi connectivity index (χ0) is 14.3. The van der Waals surface area contributed by atoms with Crippen molar-refractivity contribution in [1.29, 1.82) is 0 Å². The summed E-state index contributed by atoms with van der Waals surface area (Å²) in [6.07, 6.45) is 0.640. The quantitative estimate of drug-likeness (QED) is 0.833. The van der Waals surface area contributed by atoms with Crippen molar-refractivity contribution < 1.29 is 13.2 Å². The lowest BCUT2D eigenvalue weighted by atomic mass is 10.0. The van der Waals surface area contributed by atoms with Crippen molar-refractivity contribution in [2.24, 2.45) is 0 Å². The second-order valence-electron chi connectivity index (χ2n) is 5.09. The minimum absolute atomic E-state index is 0.0775. The highest BCUT2D eigenvalue weighted by Gasteiger charge is 2.34. The van der Waals surface area contributed by atoms with Crippen LogP contribution in [0.25, 0.3) is 0 Å². The van der Waals surface area contributed by atoms with Gasteiger partial charge in [-0.2, -0.15) is 0 Å². The van der Waals surface area contributed by atoms with Crippen LogP contribution in [0.1, 0.15) is 18.9 Å². The first-order chi connectivity index (χ1) is 8.73. The van der Waals surface area contributed by atoms with Crippen molar-refractivity contribution in [3.63, 3.8) is 0 Å². The maximum atomic E-state index is 12.3. The van der Waals surface area contributed by atoms with Crippen LogP contribution in [0.5, 0.6) is 0 Å². The maximum absolute atomic E-state index is 12.3. The van der Waals surface area contributed by atoms with Gasteiger partial charge in [0, 0.05) is 17.3 Å². The van der Waals surface area contributed by atoms with Gasteiger partial charge in [-0.1, -0.05) is 11.6 Å². The highest BCUT2D eigenvalue weighted by Crippen LogP contribution is 2.27. The van der Waals surface area contributed by atoms with Crippen molar-refractivity contribution in [3.05, 3.63) is 22.7 Å². The summed E-state index contributed by atoms with van der Waals surface area (Å²) >= 11 is 5.98. The largest absolute Gasteiger partial charge is 0.398 e. The fourth-order valence-corrected chi connectivity index (χ4v) is 3.73. The van der Waals surface area contributed by atoms with Crippen LogP contribution in [0, 0.1) is 6.92 Å². The number of nitrogen functional groups attached to an aromatic ring is 1. The maximum Gasteiger partial charge on any atom is 0.241 e. The normalized spacial score (nSPS) is 23.7. The average Bonchev–Trinajstić information content (AvgIpc) is 2.70. The first-order valence-corrected chi connectivity index (χ1v) is 7.77. The summed E-state index contributed by atoms with van der Waals surface area (Å²) in [4.78, 5) is 0.0775. The molecule has 0 saturated carbocycles. The molecule has 0 spiro atoms. The molecule has 1 atom stereocenters. The van der Waals surface area contributed by atoms with Gasteiger partial charge in [0.25, 0.3) is 0 Å². The number of hydrogen-bond donors (Lipinski definition) is 2. The first-order valence-electron chi connectivity index (χ1n) is 5.91. The van der Waals surface area contributed by atoms with Gasteiger partial charge in [0.2, 0.25) is 10.0 Å². The molecule has 1 heterocycles. The molecule has 1 saturated heterocycles. The lowest BCUT2D eigenvalue weighted by molar-refractivity contribution is 0.178. The fourth-order valence-electron chi connectivity index (χ4n) is 1.96. The molecule has 1 aliphatic heterocycles. The predicted octanol–water partition coefficient (Wildman–Crippen LogP) is 1.69. The van der Waals surface area contributed by atoms with E-state index in [-0.39, 0.29) is 4.90 Å². The first kappa shape index (κ1) is 14.6. The topological polar surface area (TPSA) is 81.4 Å². The number of hydrogen-bond acceptors (Lipinski definition) is 4. The zero-order valence-electron chi connectivity index (χ0n) is 10.9. The minimum Gasteiger partial charge on any atom is -0.398 e. The summed E-state index contributed by atoms with van der Waals surface area (Å²) in [5, 5.41) is 0.341. The van der Waals surface area contributed by atoms with Crippen molar-refractivity contribution in [1.82, 2.24) is 4.72 Å². The van der Waals surface area contributed by atoms with Crippen molar-refractivity contribution >= 4 is 27.3 Å². The Hall–Kier alpha value is -0.820. The van der Waals surface area contributed by atoms with Crippen LogP contribution >= 0.6 is 11.6 Å². The summed E-state index contributed by atoms with van der Waals surface area (Å²) in [7, 11) is -3.66. The summed E-state index contributed by atoms with van der Waals surface area (Å²) in [5.74, 6) is 0. The molecule has 5 nitrogen and oxygen atoms in total. The van der Waals surface area contributed by atoms with E-state index >= 15 is 0 Å². The summed E-state index contributed by atoms with van der Waals surface area (Å²) in [6.45, 7) is 4.47. The lowest BCUT2D eigenvalue weighted by Crippen LogP contribution is -2.46. The molecule has 0 amide bonds. The molecule has 19 heavy (non-hydrogen) atoms. The van der Waals surface area contributed by atoms with Crippen LogP contribution in [0.2, 0.25) is 5.02 Å². The average molecular weight is 305 g/mol. The van der Waals surface area contributed by atoms with Gasteiger partial charge in [-0.3, -0.25) is 0 Å². The Bertz CT molecular complexity index is 572. The number of ether oxygens (including phenoxy) is 1. The Labute approximate surface area is 118 Å². The van der Waals surface area contributed by atoms with Gasteiger partial charge >= 0.3 is 0 Å². The number of halogens is 1. The van der Waals surface area contributed by atoms with Crippen molar-refractivity contribution in [2.75, 3.05) is 18.9 Å². The molecule has 0 bridgehead atoms. The van der Waals surface area contributed by atoms with E-state index in [1.807, 2.05) is 6.92 Å². The van der Waals surface area contributed by atoms with Crippen LogP contribution < -0.4 is 10.5 Å². The van der Waals surface area contributed by atoms with E-state index in [4.69, 9.17) is 22.1 Å². The zero-order valence-corrected chi connectivity index (χ0v) is 12.4. The Morgan fingerprint density at radius 1 is 1.47 bits per heavy atom. The van der Waals surface area contributed by atoms with E-state index < -0.39 is 15.6 Å². The number of rotatable bonds is 3. The SMILES string of the molecule is Cc1c(N)cc(S(=O)(=O)NC2(C)CCOC2)cc1Cl. The second-order valence-corrected chi connectivity index (χ2v) is 7.18. The van der Waals surface area contributed by atoms with Gasteiger partial charge in [0.1, 0.15) is 0 Å². The molecule has 2 rings (SSSR count). The minimum atomic E-state index is -3.66. The van der Waals surface area contributed by atoms with Crippen LogP contribution in [0.4, 0.5) is 5.69 Å². The van der Waals surface area contributed by atoms with E-state index in [0.29, 0.717) is 35.9 Å². The van der Waals surface area contributed by atoms with Gasteiger partial charge in [-0.15, -0.1) is 0 Å². The van der Waals surface area contributed by atoms with Crippen LogP contribution in [-0.2, 0) is 14.8 Å². The highest BCUT2D eigenvalue weighted by atomic mass is 35.5. The molecule has 1 aromatic carbocycles. The van der Waals surface area contributed by atoms with E-state index in [9.17, 15) is 8.42 Å². The van der Waals surface area contributed by atoms with Crippen LogP contribution in [0.3, 0.4) is 0 Å². The number of benzene rings is 1. The summed E-state index contributed by atoms with van der Waals surface area (Å²) in [6, 6.07) is 2.83. The molecule has 1 fully saturated rings. The van der Waals surface area contributed by atoms with Gasteiger partial charge in [-0.25, -0.2) is 13.1 Å². The van der Waals surface area contributed by atoms with E-state index in [2.05, 4.69) is 4.72 Å². The fraction of sp³-hybridized carbons (Fsp3) is 0.500. The molecule has 7 heteroatoms. The lowest BCUT2D eigenvalue weighted by Gasteiger charge is -2.23. The molecule has 0 radical (unpaired) electrons. The molecule has 0 aromatic heterocycles. The molecule has 3 N–H and O–H groups in total. The molecule has 1 aliphatic rings. The Balaban J connectivity index is 2.34.